The number of halogens is 3. The van der Waals surface area contributed by atoms with Gasteiger partial charge in [-0.3, -0.25) is 0 Å². The summed E-state index contributed by atoms with van der Waals surface area (Å²) in [5.41, 5.74) is -2.47. The molecule has 0 aliphatic carbocycles. The van der Waals surface area contributed by atoms with Gasteiger partial charge in [0.2, 0.25) is 0 Å². The fourth-order valence-electron chi connectivity index (χ4n) is 1.83. The highest BCUT2D eigenvalue weighted by atomic mass is 32.2. The van der Waals surface area contributed by atoms with Crippen LogP contribution in [0, 0.1) is 0 Å². The second-order valence-electron chi connectivity index (χ2n) is 4.43. The van der Waals surface area contributed by atoms with E-state index in [1.54, 1.807) is 12.1 Å². The molecule has 21 heavy (non-hydrogen) atoms. The van der Waals surface area contributed by atoms with Gasteiger partial charge in [0.15, 0.2) is 0 Å². The van der Waals surface area contributed by atoms with Gasteiger partial charge in [0.05, 0.1) is 5.69 Å². The van der Waals surface area contributed by atoms with Gasteiger partial charge >= 0.3 is 5.51 Å². The number of nitrogens with zero attached hydrogens (tertiary/aromatic N) is 1. The second-order valence-corrected chi connectivity index (χ2v) is 6.43. The standard InChI is InChI=1S/C14H15F3N2S2/c1-3-18-9(2)12-8-20-13(19-12)10-4-6-11(7-5-10)21-14(15,16)17/h4-9,18H,3H2,1-2H3. The molecule has 0 aliphatic rings. The molecule has 2 nitrogen and oxygen atoms in total. The summed E-state index contributed by atoms with van der Waals surface area (Å²) in [4.78, 5) is 4.71. The normalized spacial score (nSPS) is 13.4. The van der Waals surface area contributed by atoms with Gasteiger partial charge in [0.1, 0.15) is 5.01 Å². The van der Waals surface area contributed by atoms with E-state index in [-0.39, 0.29) is 22.7 Å². The van der Waals surface area contributed by atoms with E-state index in [2.05, 4.69) is 10.3 Å². The minimum Gasteiger partial charge on any atom is -0.309 e. The van der Waals surface area contributed by atoms with Gasteiger partial charge in [-0.1, -0.05) is 19.1 Å². The lowest BCUT2D eigenvalue weighted by molar-refractivity contribution is -0.0328. The van der Waals surface area contributed by atoms with Crippen LogP contribution in [0.25, 0.3) is 10.6 Å². The van der Waals surface area contributed by atoms with Crippen molar-refractivity contribution in [2.24, 2.45) is 0 Å². The van der Waals surface area contributed by atoms with E-state index < -0.39 is 5.51 Å². The molecular formula is C14H15F3N2S2. The Balaban J connectivity index is 2.12. The largest absolute Gasteiger partial charge is 0.446 e. The van der Waals surface area contributed by atoms with Crippen LogP contribution in [0.1, 0.15) is 25.6 Å². The van der Waals surface area contributed by atoms with Crippen molar-refractivity contribution in [1.29, 1.82) is 0 Å². The fraction of sp³-hybridized carbons (Fsp3) is 0.357. The van der Waals surface area contributed by atoms with Crippen molar-refractivity contribution in [3.8, 4) is 10.6 Å². The lowest BCUT2D eigenvalue weighted by Crippen LogP contribution is -2.17. The van der Waals surface area contributed by atoms with Crippen LogP contribution in [0.3, 0.4) is 0 Å². The van der Waals surface area contributed by atoms with Crippen molar-refractivity contribution in [1.82, 2.24) is 10.3 Å². The summed E-state index contributed by atoms with van der Waals surface area (Å²) >= 11 is 1.39. The summed E-state index contributed by atoms with van der Waals surface area (Å²) in [5, 5.41) is 6.07. The molecule has 0 fully saturated rings. The SMILES string of the molecule is CCNC(C)c1csc(-c2ccc(SC(F)(F)F)cc2)n1. The minimum atomic E-state index is -4.25. The van der Waals surface area contributed by atoms with E-state index in [4.69, 9.17) is 0 Å². The van der Waals surface area contributed by atoms with Gasteiger partial charge < -0.3 is 5.32 Å². The molecule has 0 saturated heterocycles. The topological polar surface area (TPSA) is 24.9 Å². The Morgan fingerprint density at radius 1 is 1.29 bits per heavy atom. The van der Waals surface area contributed by atoms with Gasteiger partial charge in [-0.25, -0.2) is 4.98 Å². The zero-order chi connectivity index (χ0) is 15.5. The first-order valence-corrected chi connectivity index (χ1v) is 8.13. The average Bonchev–Trinajstić information content (AvgIpc) is 2.87. The van der Waals surface area contributed by atoms with Crippen LogP contribution in [0.2, 0.25) is 0 Å². The molecule has 0 amide bonds. The van der Waals surface area contributed by atoms with Gasteiger partial charge in [0, 0.05) is 21.9 Å². The number of benzene rings is 1. The Bertz CT molecular complexity index is 579. The minimum absolute atomic E-state index is 0.106. The van der Waals surface area contributed by atoms with Crippen LogP contribution >= 0.6 is 23.1 Å². The molecule has 2 rings (SSSR count). The van der Waals surface area contributed by atoms with Crippen molar-refractivity contribution in [3.63, 3.8) is 0 Å². The molecule has 114 valence electrons. The van der Waals surface area contributed by atoms with Crippen LogP contribution in [0.5, 0.6) is 0 Å². The molecule has 0 aliphatic heterocycles. The monoisotopic (exact) mass is 332 g/mol. The summed E-state index contributed by atoms with van der Waals surface area (Å²) in [6.07, 6.45) is 0. The van der Waals surface area contributed by atoms with E-state index in [0.717, 1.165) is 22.8 Å². The van der Waals surface area contributed by atoms with E-state index in [1.165, 1.54) is 23.5 Å². The molecule has 1 atom stereocenters. The zero-order valence-electron chi connectivity index (χ0n) is 11.6. The summed E-state index contributed by atoms with van der Waals surface area (Å²) in [7, 11) is 0. The first kappa shape index (κ1) is 16.3. The van der Waals surface area contributed by atoms with Crippen LogP contribution in [0.4, 0.5) is 13.2 Å². The first-order chi connectivity index (χ1) is 9.89. The van der Waals surface area contributed by atoms with Crippen molar-refractivity contribution in [3.05, 3.63) is 35.3 Å². The third kappa shape index (κ3) is 4.72. The maximum absolute atomic E-state index is 12.3. The van der Waals surface area contributed by atoms with Crippen LogP contribution < -0.4 is 5.32 Å². The predicted molar refractivity (Wildman–Crippen MR) is 81.6 cm³/mol. The van der Waals surface area contributed by atoms with E-state index in [9.17, 15) is 13.2 Å². The third-order valence-corrected chi connectivity index (χ3v) is 4.46. The van der Waals surface area contributed by atoms with Gasteiger partial charge in [-0.15, -0.1) is 11.3 Å². The summed E-state index contributed by atoms with van der Waals surface area (Å²) in [6, 6.07) is 6.47. The zero-order valence-corrected chi connectivity index (χ0v) is 13.2. The number of hydrogen-bond donors (Lipinski definition) is 1. The van der Waals surface area contributed by atoms with Crippen molar-refractivity contribution in [2.75, 3.05) is 6.54 Å². The Hall–Kier alpha value is -1.05. The Morgan fingerprint density at radius 2 is 1.95 bits per heavy atom. The van der Waals surface area contributed by atoms with Crippen molar-refractivity contribution >= 4 is 23.1 Å². The van der Waals surface area contributed by atoms with Crippen LogP contribution in [-0.4, -0.2) is 17.0 Å². The molecule has 1 unspecified atom stereocenters. The molecule has 0 radical (unpaired) electrons. The molecule has 0 bridgehead atoms. The molecule has 0 spiro atoms. The maximum Gasteiger partial charge on any atom is 0.446 e. The highest BCUT2D eigenvalue weighted by Crippen LogP contribution is 2.37. The number of alkyl halides is 3. The second kappa shape index (κ2) is 6.81. The molecule has 1 N–H and O–H groups in total. The number of thioether (sulfide) groups is 1. The van der Waals surface area contributed by atoms with Crippen molar-refractivity contribution < 1.29 is 13.2 Å². The molecule has 1 aromatic carbocycles. The number of hydrogen-bond acceptors (Lipinski definition) is 4. The lowest BCUT2D eigenvalue weighted by Gasteiger charge is -2.08. The van der Waals surface area contributed by atoms with Gasteiger partial charge in [0.25, 0.3) is 0 Å². The Labute approximate surface area is 129 Å². The van der Waals surface area contributed by atoms with E-state index >= 15 is 0 Å². The molecule has 1 heterocycles. The highest BCUT2D eigenvalue weighted by molar-refractivity contribution is 8.00. The fourth-order valence-corrected chi connectivity index (χ4v) is 3.29. The van der Waals surface area contributed by atoms with Crippen LogP contribution in [-0.2, 0) is 0 Å². The third-order valence-electron chi connectivity index (χ3n) is 2.81. The first-order valence-electron chi connectivity index (χ1n) is 6.44. The molecule has 7 heteroatoms. The maximum atomic E-state index is 12.3. The summed E-state index contributed by atoms with van der Waals surface area (Å²) in [5.74, 6) is 0. The summed E-state index contributed by atoms with van der Waals surface area (Å²) < 4.78 is 36.8. The smallest absolute Gasteiger partial charge is 0.309 e. The predicted octanol–water partition coefficient (Wildman–Crippen LogP) is 5.09. The van der Waals surface area contributed by atoms with Gasteiger partial charge in [-0.05, 0) is 37.4 Å². The molecule has 1 aromatic heterocycles. The van der Waals surface area contributed by atoms with Crippen LogP contribution in [0.15, 0.2) is 34.5 Å². The average molecular weight is 332 g/mol. The molecule has 2 aromatic rings. The Kier molecular flexibility index (Phi) is 5.29. The summed E-state index contributed by atoms with van der Waals surface area (Å²) in [6.45, 7) is 4.92. The highest BCUT2D eigenvalue weighted by Gasteiger charge is 2.29. The quantitative estimate of drug-likeness (QED) is 0.772. The lowest BCUT2D eigenvalue weighted by atomic mass is 10.2. The van der Waals surface area contributed by atoms with Crippen molar-refractivity contribution in [2.45, 2.75) is 30.3 Å². The molecule has 0 saturated carbocycles. The number of thiazole rings is 1. The number of aromatic nitrogens is 1. The Morgan fingerprint density at radius 3 is 2.52 bits per heavy atom. The molecular weight excluding hydrogens is 317 g/mol. The van der Waals surface area contributed by atoms with Gasteiger partial charge in [-0.2, -0.15) is 13.2 Å². The van der Waals surface area contributed by atoms with E-state index in [0.29, 0.717) is 0 Å². The number of nitrogens with one attached hydrogen (secondary N) is 1. The number of rotatable bonds is 5. The van der Waals surface area contributed by atoms with E-state index in [1.807, 2.05) is 19.2 Å².